The highest BCUT2D eigenvalue weighted by molar-refractivity contribution is 6.35. The van der Waals surface area contributed by atoms with E-state index in [0.717, 1.165) is 10.5 Å². The molecule has 2 aromatic carbocycles. The number of ketones is 1. The summed E-state index contributed by atoms with van der Waals surface area (Å²) >= 11 is 0. The minimum atomic E-state index is -1.84. The molecular weight excluding hydrogens is 612 g/mol. The number of allylic oxidation sites excluding steroid dienone is 1. The van der Waals surface area contributed by atoms with Crippen molar-refractivity contribution in [3.8, 4) is 5.75 Å². The van der Waals surface area contributed by atoms with Crippen LogP contribution in [-0.2, 0) is 30.4 Å². The molecule has 4 atom stereocenters. The molecule has 4 rings (SSSR count). The maximum atomic E-state index is 14.2. The first kappa shape index (κ1) is 34.1. The van der Waals surface area contributed by atoms with Crippen molar-refractivity contribution in [3.63, 3.8) is 0 Å². The van der Waals surface area contributed by atoms with Gasteiger partial charge in [0.2, 0.25) is 23.4 Å². The Labute approximate surface area is 262 Å². The van der Waals surface area contributed by atoms with Gasteiger partial charge in [0.25, 0.3) is 0 Å². The van der Waals surface area contributed by atoms with Crippen LogP contribution in [0.5, 0.6) is 5.75 Å². The van der Waals surface area contributed by atoms with Gasteiger partial charge in [-0.05, 0) is 37.2 Å². The normalized spacial score (nSPS) is 21.1. The number of carbonyl (C=O) groups is 5. The van der Waals surface area contributed by atoms with E-state index in [2.05, 4.69) is 16.0 Å². The fraction of sp³-hybridized carbons (Fsp3) is 0.406. The van der Waals surface area contributed by atoms with Crippen LogP contribution >= 0.6 is 0 Å². The number of carbonyl (C=O) groups excluding carboxylic acids is 5. The zero-order valence-corrected chi connectivity index (χ0v) is 25.0. The monoisotopic (exact) mass is 646 g/mol. The molecule has 10 nitrogen and oxygen atoms in total. The van der Waals surface area contributed by atoms with Crippen molar-refractivity contribution in [3.05, 3.63) is 77.4 Å². The van der Waals surface area contributed by atoms with Gasteiger partial charge >= 0.3 is 11.8 Å². The molecule has 1 unspecified atom stereocenters. The molecule has 14 heteroatoms. The lowest BCUT2D eigenvalue weighted by Gasteiger charge is -2.35. The summed E-state index contributed by atoms with van der Waals surface area (Å²) < 4.78 is 60.7. The van der Waals surface area contributed by atoms with E-state index in [1.54, 1.807) is 19.1 Å². The van der Waals surface area contributed by atoms with Crippen molar-refractivity contribution in [2.45, 2.75) is 44.7 Å². The van der Waals surface area contributed by atoms with E-state index in [4.69, 9.17) is 4.74 Å². The number of Topliss-reactive ketones (excluding diaryl/α,β-unsaturated/α-hetero) is 1. The summed E-state index contributed by atoms with van der Waals surface area (Å²) in [6.45, 7) is 1.03. The highest BCUT2D eigenvalue weighted by atomic mass is 19.2. The summed E-state index contributed by atoms with van der Waals surface area (Å²) in [5, 5.41) is 7.59. The summed E-state index contributed by atoms with van der Waals surface area (Å²) in [5.41, 5.74) is 0.943. The van der Waals surface area contributed by atoms with E-state index in [9.17, 15) is 41.5 Å². The first-order valence-corrected chi connectivity index (χ1v) is 14.8. The Bertz CT molecular complexity index is 1480. The molecule has 1 fully saturated rings. The van der Waals surface area contributed by atoms with E-state index >= 15 is 0 Å². The van der Waals surface area contributed by atoms with Crippen LogP contribution in [0.15, 0.2) is 48.6 Å². The van der Waals surface area contributed by atoms with Crippen molar-refractivity contribution in [1.29, 1.82) is 0 Å². The molecule has 4 amide bonds. The molecular formula is C32H34F4N4O6. The van der Waals surface area contributed by atoms with Crippen LogP contribution < -0.4 is 20.7 Å². The van der Waals surface area contributed by atoms with Crippen molar-refractivity contribution in [2.24, 2.45) is 11.8 Å². The number of ether oxygens (including phenoxy) is 1. The van der Waals surface area contributed by atoms with Gasteiger partial charge in [-0.2, -0.15) is 8.78 Å². The molecule has 0 radical (unpaired) electrons. The van der Waals surface area contributed by atoms with Gasteiger partial charge in [0, 0.05) is 31.6 Å². The summed E-state index contributed by atoms with van der Waals surface area (Å²) in [4.78, 5) is 66.3. The standard InChI is InChI=1S/C32H34F4N4O6/c1-18-6-5-13-40(32(45)23(14-18)39-31(44)30(43)38-11-9-19-7-3-2-4-8-19)24(15-20-10-12-37-29(20)42)25(41)17-46-28-26(35)21(33)16-22(34)27(28)36/h2-8,16,18,20,23-24H,9-15,17H2,1H3,(H,37,42)(H,38,43)(H,39,44)/b6-5+/t18?,20-,23-,24-/m0/s1. The second kappa shape index (κ2) is 15.5. The molecule has 0 aromatic heterocycles. The number of amides is 4. The molecule has 0 aliphatic carbocycles. The van der Waals surface area contributed by atoms with Crippen LogP contribution in [0.2, 0.25) is 0 Å². The van der Waals surface area contributed by atoms with Crippen molar-refractivity contribution < 1.29 is 46.3 Å². The van der Waals surface area contributed by atoms with E-state index in [1.807, 2.05) is 30.3 Å². The van der Waals surface area contributed by atoms with Crippen molar-refractivity contribution >= 4 is 29.4 Å². The highest BCUT2D eigenvalue weighted by Crippen LogP contribution is 2.28. The van der Waals surface area contributed by atoms with E-state index in [1.165, 1.54) is 0 Å². The summed E-state index contributed by atoms with van der Waals surface area (Å²) in [7, 11) is 0. The molecule has 2 heterocycles. The first-order chi connectivity index (χ1) is 22.0. The summed E-state index contributed by atoms with van der Waals surface area (Å²) in [5.74, 6) is -13.6. The van der Waals surface area contributed by atoms with Gasteiger partial charge in [-0.3, -0.25) is 24.0 Å². The maximum Gasteiger partial charge on any atom is 0.309 e. The van der Waals surface area contributed by atoms with Crippen LogP contribution in [-0.4, -0.2) is 72.6 Å². The van der Waals surface area contributed by atoms with Crippen LogP contribution in [0.25, 0.3) is 0 Å². The Morgan fingerprint density at radius 2 is 1.74 bits per heavy atom. The molecule has 0 spiro atoms. The molecule has 2 aliphatic heterocycles. The Hall–Kier alpha value is -4.75. The quantitative estimate of drug-likeness (QED) is 0.149. The predicted octanol–water partition coefficient (Wildman–Crippen LogP) is 2.35. The Balaban J connectivity index is 1.52. The van der Waals surface area contributed by atoms with Gasteiger partial charge in [-0.15, -0.1) is 0 Å². The van der Waals surface area contributed by atoms with Crippen molar-refractivity contribution in [2.75, 3.05) is 26.2 Å². The number of hydrogen-bond donors (Lipinski definition) is 3. The molecule has 0 bridgehead atoms. The van der Waals surface area contributed by atoms with Crippen LogP contribution in [0.1, 0.15) is 31.7 Å². The third-order valence-electron chi connectivity index (χ3n) is 7.86. The molecule has 246 valence electrons. The van der Waals surface area contributed by atoms with E-state index in [-0.39, 0.29) is 43.8 Å². The first-order valence-electron chi connectivity index (χ1n) is 14.8. The van der Waals surface area contributed by atoms with Crippen LogP contribution in [0, 0.1) is 35.1 Å². The Kier molecular flexibility index (Phi) is 11.5. The number of nitrogens with one attached hydrogen (secondary N) is 3. The second-order valence-electron chi connectivity index (χ2n) is 11.2. The third kappa shape index (κ3) is 8.49. The predicted molar refractivity (Wildman–Crippen MR) is 156 cm³/mol. The SMILES string of the molecule is CC1/C=C/CN([C@@H](C[C@@H]2CCNC2=O)C(=O)COc2c(F)c(F)cc(F)c2F)C(=O)[C@@H](NC(=O)C(=O)NCCc2ccccc2)C1. The molecule has 2 aliphatic rings. The molecule has 0 saturated carbocycles. The van der Waals surface area contributed by atoms with Crippen LogP contribution in [0.3, 0.4) is 0 Å². The number of nitrogens with zero attached hydrogens (tertiary/aromatic N) is 1. The van der Waals surface area contributed by atoms with Gasteiger partial charge in [0.15, 0.2) is 23.2 Å². The Morgan fingerprint density at radius 1 is 1.04 bits per heavy atom. The minimum Gasteiger partial charge on any atom is -0.479 e. The molecule has 2 aromatic rings. The lowest BCUT2D eigenvalue weighted by molar-refractivity contribution is -0.146. The second-order valence-corrected chi connectivity index (χ2v) is 11.2. The third-order valence-corrected chi connectivity index (χ3v) is 7.86. The molecule has 3 N–H and O–H groups in total. The number of benzene rings is 2. The minimum absolute atomic E-state index is 0.00888. The number of halogens is 4. The highest BCUT2D eigenvalue weighted by Gasteiger charge is 2.39. The lowest BCUT2D eigenvalue weighted by Crippen LogP contribution is -2.57. The van der Waals surface area contributed by atoms with Gasteiger partial charge in [0.05, 0.1) is 6.04 Å². The summed E-state index contributed by atoms with van der Waals surface area (Å²) in [6.07, 6.45) is 4.03. The van der Waals surface area contributed by atoms with Crippen molar-refractivity contribution in [1.82, 2.24) is 20.9 Å². The largest absolute Gasteiger partial charge is 0.479 e. The topological polar surface area (TPSA) is 134 Å². The lowest BCUT2D eigenvalue weighted by atomic mass is 9.92. The van der Waals surface area contributed by atoms with Gasteiger partial charge in [-0.1, -0.05) is 49.4 Å². The van der Waals surface area contributed by atoms with Gasteiger partial charge in [-0.25, -0.2) is 8.78 Å². The molecule has 1 saturated heterocycles. The van der Waals surface area contributed by atoms with E-state index < -0.39 is 77.1 Å². The zero-order chi connectivity index (χ0) is 33.4. The average Bonchev–Trinajstić information content (AvgIpc) is 3.44. The smallest absolute Gasteiger partial charge is 0.309 e. The van der Waals surface area contributed by atoms with Gasteiger partial charge < -0.3 is 25.6 Å². The van der Waals surface area contributed by atoms with Gasteiger partial charge in [0.1, 0.15) is 12.6 Å². The fourth-order valence-corrected chi connectivity index (χ4v) is 5.41. The summed E-state index contributed by atoms with van der Waals surface area (Å²) in [6, 6.07) is 6.59. The number of rotatable bonds is 11. The maximum absolute atomic E-state index is 14.2. The Morgan fingerprint density at radius 3 is 2.39 bits per heavy atom. The van der Waals surface area contributed by atoms with E-state index in [0.29, 0.717) is 19.4 Å². The average molecular weight is 647 g/mol. The molecule has 46 heavy (non-hydrogen) atoms. The van der Waals surface area contributed by atoms with Crippen LogP contribution in [0.4, 0.5) is 17.6 Å². The fourth-order valence-electron chi connectivity index (χ4n) is 5.41. The number of hydrogen-bond acceptors (Lipinski definition) is 6. The zero-order valence-electron chi connectivity index (χ0n) is 25.0.